The first kappa shape index (κ1) is 12.8. The summed E-state index contributed by atoms with van der Waals surface area (Å²) in [5, 5.41) is 12.0. The van der Waals surface area contributed by atoms with Crippen LogP contribution < -0.4 is 11.1 Å². The number of halogens is 1. The van der Waals surface area contributed by atoms with Crippen molar-refractivity contribution in [2.75, 3.05) is 24.2 Å². The fraction of sp³-hybridized carbons (Fsp3) is 0.500. The third-order valence-corrected chi connectivity index (χ3v) is 2.60. The topological polar surface area (TPSA) is 58.3 Å². The van der Waals surface area contributed by atoms with Crippen LogP contribution >= 0.6 is 0 Å². The Morgan fingerprint density at radius 2 is 2.12 bits per heavy atom. The van der Waals surface area contributed by atoms with Crippen LogP contribution in [0.3, 0.4) is 0 Å². The van der Waals surface area contributed by atoms with Gasteiger partial charge in [-0.15, -0.1) is 0 Å². The molecule has 0 amide bonds. The smallest absolute Gasteiger partial charge is 0.148 e. The largest absolute Gasteiger partial charge is 0.396 e. The summed E-state index contributed by atoms with van der Waals surface area (Å²) < 4.78 is 13.1. The maximum atomic E-state index is 13.1. The maximum Gasteiger partial charge on any atom is 0.148 e. The van der Waals surface area contributed by atoms with Crippen molar-refractivity contribution in [3.63, 3.8) is 0 Å². The first-order valence-corrected chi connectivity index (χ1v) is 5.35. The van der Waals surface area contributed by atoms with Gasteiger partial charge in [0, 0.05) is 13.2 Å². The van der Waals surface area contributed by atoms with Gasteiger partial charge in [0.1, 0.15) is 5.82 Å². The summed E-state index contributed by atoms with van der Waals surface area (Å²) in [7, 11) is 0. The van der Waals surface area contributed by atoms with E-state index >= 15 is 0 Å². The number of anilines is 2. The third-order valence-electron chi connectivity index (χ3n) is 2.60. The van der Waals surface area contributed by atoms with Crippen LogP contribution in [0.15, 0.2) is 18.2 Å². The Hall–Kier alpha value is -1.29. The number of hydrogen-bond donors (Lipinski definition) is 3. The van der Waals surface area contributed by atoms with Crippen molar-refractivity contribution in [3.05, 3.63) is 24.0 Å². The standard InChI is InChI=1S/C12H19FN2O/c1-12(2,6-7-16)8-15-10-5-3-4-9(13)11(10)14/h3-5,15-16H,6-8,14H2,1-2H3. The molecule has 0 aliphatic heterocycles. The Bertz CT molecular complexity index is 353. The highest BCUT2D eigenvalue weighted by Crippen LogP contribution is 2.25. The van der Waals surface area contributed by atoms with Crippen molar-refractivity contribution in [2.24, 2.45) is 5.41 Å². The zero-order chi connectivity index (χ0) is 12.2. The molecule has 4 heteroatoms. The van der Waals surface area contributed by atoms with Gasteiger partial charge in [-0.25, -0.2) is 4.39 Å². The molecule has 0 spiro atoms. The van der Waals surface area contributed by atoms with Crippen LogP contribution in [0.2, 0.25) is 0 Å². The highest BCUT2D eigenvalue weighted by molar-refractivity contribution is 5.66. The molecule has 90 valence electrons. The number of rotatable bonds is 5. The molecule has 0 aliphatic carbocycles. The molecule has 0 heterocycles. The Balaban J connectivity index is 2.64. The predicted octanol–water partition coefficient (Wildman–Crippen LogP) is 2.23. The van der Waals surface area contributed by atoms with Gasteiger partial charge < -0.3 is 16.2 Å². The Morgan fingerprint density at radius 1 is 1.44 bits per heavy atom. The van der Waals surface area contributed by atoms with Gasteiger partial charge in [0.15, 0.2) is 0 Å². The average Bonchev–Trinajstić information content (AvgIpc) is 2.20. The second-order valence-corrected chi connectivity index (χ2v) is 4.69. The minimum absolute atomic E-state index is 0.0481. The molecule has 0 unspecified atom stereocenters. The summed E-state index contributed by atoms with van der Waals surface area (Å²) >= 11 is 0. The van der Waals surface area contributed by atoms with Gasteiger partial charge in [0.25, 0.3) is 0 Å². The number of nitrogens with one attached hydrogen (secondary N) is 1. The van der Waals surface area contributed by atoms with E-state index in [1.165, 1.54) is 6.07 Å². The lowest BCUT2D eigenvalue weighted by atomic mass is 9.89. The van der Waals surface area contributed by atoms with Gasteiger partial charge in [0.2, 0.25) is 0 Å². The summed E-state index contributed by atoms with van der Waals surface area (Å²) in [6, 6.07) is 4.69. The molecular formula is C12H19FN2O. The van der Waals surface area contributed by atoms with E-state index in [9.17, 15) is 4.39 Å². The summed E-state index contributed by atoms with van der Waals surface area (Å²) in [6.45, 7) is 4.85. The molecule has 0 radical (unpaired) electrons. The van der Waals surface area contributed by atoms with Crippen LogP contribution in [-0.4, -0.2) is 18.3 Å². The molecule has 0 bridgehead atoms. The fourth-order valence-corrected chi connectivity index (χ4v) is 1.42. The summed E-state index contributed by atoms with van der Waals surface area (Å²) in [4.78, 5) is 0. The molecule has 4 N–H and O–H groups in total. The van der Waals surface area contributed by atoms with Gasteiger partial charge in [-0.2, -0.15) is 0 Å². The number of para-hydroxylation sites is 1. The van der Waals surface area contributed by atoms with Crippen molar-refractivity contribution in [2.45, 2.75) is 20.3 Å². The first-order valence-electron chi connectivity index (χ1n) is 5.35. The number of benzene rings is 1. The summed E-state index contributed by atoms with van der Waals surface area (Å²) in [5.74, 6) is -0.412. The highest BCUT2D eigenvalue weighted by atomic mass is 19.1. The molecule has 0 aromatic heterocycles. The van der Waals surface area contributed by atoms with Gasteiger partial charge in [-0.05, 0) is 24.0 Å². The molecule has 0 saturated carbocycles. The van der Waals surface area contributed by atoms with Gasteiger partial charge in [0.05, 0.1) is 11.4 Å². The van der Waals surface area contributed by atoms with Crippen molar-refractivity contribution in [3.8, 4) is 0 Å². The van der Waals surface area contributed by atoms with Crippen molar-refractivity contribution < 1.29 is 9.50 Å². The van der Waals surface area contributed by atoms with Gasteiger partial charge in [-0.1, -0.05) is 19.9 Å². The molecule has 0 atom stereocenters. The Kier molecular flexibility index (Phi) is 4.12. The van der Waals surface area contributed by atoms with E-state index in [0.717, 1.165) is 0 Å². The molecule has 16 heavy (non-hydrogen) atoms. The van der Waals surface area contributed by atoms with Crippen LogP contribution in [0.25, 0.3) is 0 Å². The van der Waals surface area contributed by atoms with E-state index in [4.69, 9.17) is 10.8 Å². The summed E-state index contributed by atoms with van der Waals surface area (Å²) in [6.07, 6.45) is 0.690. The number of hydrogen-bond acceptors (Lipinski definition) is 3. The maximum absolute atomic E-state index is 13.1. The van der Waals surface area contributed by atoms with Crippen LogP contribution in [-0.2, 0) is 0 Å². The monoisotopic (exact) mass is 226 g/mol. The molecule has 1 aromatic rings. The molecule has 0 aliphatic rings. The third kappa shape index (κ3) is 3.38. The lowest BCUT2D eigenvalue weighted by Crippen LogP contribution is -2.24. The molecule has 0 fully saturated rings. The first-order chi connectivity index (χ1) is 7.46. The zero-order valence-corrected chi connectivity index (χ0v) is 9.76. The van der Waals surface area contributed by atoms with Crippen LogP contribution in [0.1, 0.15) is 20.3 Å². The molecule has 3 nitrogen and oxygen atoms in total. The minimum Gasteiger partial charge on any atom is -0.396 e. The summed E-state index contributed by atoms with van der Waals surface area (Å²) in [5.41, 5.74) is 6.29. The SMILES string of the molecule is CC(C)(CCO)CNc1cccc(F)c1N. The lowest BCUT2D eigenvalue weighted by Gasteiger charge is -2.25. The van der Waals surface area contributed by atoms with Crippen molar-refractivity contribution in [1.29, 1.82) is 0 Å². The van der Waals surface area contributed by atoms with Crippen molar-refractivity contribution >= 4 is 11.4 Å². The normalized spacial score (nSPS) is 11.5. The average molecular weight is 226 g/mol. The van der Waals surface area contributed by atoms with E-state index in [2.05, 4.69) is 5.32 Å². The van der Waals surface area contributed by atoms with E-state index in [1.807, 2.05) is 13.8 Å². The van der Waals surface area contributed by atoms with E-state index < -0.39 is 5.82 Å². The van der Waals surface area contributed by atoms with E-state index in [0.29, 0.717) is 18.7 Å². The predicted molar refractivity (Wildman–Crippen MR) is 64.8 cm³/mol. The fourth-order valence-electron chi connectivity index (χ4n) is 1.42. The second kappa shape index (κ2) is 5.16. The minimum atomic E-state index is -0.412. The lowest BCUT2D eigenvalue weighted by molar-refractivity contribution is 0.220. The Labute approximate surface area is 95.5 Å². The van der Waals surface area contributed by atoms with Crippen LogP contribution in [0.4, 0.5) is 15.8 Å². The Morgan fingerprint density at radius 3 is 2.75 bits per heavy atom. The number of nitrogens with two attached hydrogens (primary N) is 1. The molecule has 1 rings (SSSR count). The highest BCUT2D eigenvalue weighted by Gasteiger charge is 2.17. The van der Waals surface area contributed by atoms with E-state index in [-0.39, 0.29) is 17.7 Å². The second-order valence-electron chi connectivity index (χ2n) is 4.69. The molecule has 0 saturated heterocycles. The number of aliphatic hydroxyl groups is 1. The van der Waals surface area contributed by atoms with E-state index in [1.54, 1.807) is 12.1 Å². The van der Waals surface area contributed by atoms with Crippen LogP contribution in [0.5, 0.6) is 0 Å². The number of aliphatic hydroxyl groups excluding tert-OH is 1. The van der Waals surface area contributed by atoms with Gasteiger partial charge in [-0.3, -0.25) is 0 Å². The van der Waals surface area contributed by atoms with Crippen LogP contribution in [0, 0.1) is 11.2 Å². The zero-order valence-electron chi connectivity index (χ0n) is 9.76. The molecular weight excluding hydrogens is 207 g/mol. The van der Waals surface area contributed by atoms with Gasteiger partial charge >= 0.3 is 0 Å². The van der Waals surface area contributed by atoms with Crippen molar-refractivity contribution in [1.82, 2.24) is 0 Å². The quantitative estimate of drug-likeness (QED) is 0.675. The molecule has 1 aromatic carbocycles. The number of nitrogen functional groups attached to an aromatic ring is 1.